The van der Waals surface area contributed by atoms with Crippen LogP contribution in [0, 0.1) is 11.8 Å². The Hall–Kier alpha value is -2.98. The van der Waals surface area contributed by atoms with E-state index >= 15 is 0 Å². The van der Waals surface area contributed by atoms with E-state index in [0.717, 1.165) is 134 Å². The number of allylic oxidation sites excluding steroid dienone is 8. The maximum Gasteiger partial charge on any atom is 0.472 e. The maximum atomic E-state index is 13.1. The van der Waals surface area contributed by atoms with Gasteiger partial charge in [0, 0.05) is 25.7 Å². The number of unbranched alkanes of at least 4 members (excludes halogenated alkanes) is 34. The molecule has 0 bridgehead atoms. The fourth-order valence-electron chi connectivity index (χ4n) is 10.4. The van der Waals surface area contributed by atoms with Gasteiger partial charge in [0.2, 0.25) is 0 Å². The van der Waals surface area contributed by atoms with Crippen LogP contribution in [0.1, 0.15) is 337 Å². The van der Waals surface area contributed by atoms with Gasteiger partial charge in [0.1, 0.15) is 19.3 Å². The van der Waals surface area contributed by atoms with Crippen LogP contribution in [-0.2, 0) is 65.4 Å². The molecule has 0 fully saturated rings. The predicted molar refractivity (Wildman–Crippen MR) is 381 cm³/mol. The summed E-state index contributed by atoms with van der Waals surface area (Å²) in [6, 6.07) is 0. The van der Waals surface area contributed by atoms with E-state index in [-0.39, 0.29) is 25.7 Å². The van der Waals surface area contributed by atoms with E-state index in [9.17, 15) is 43.2 Å². The SMILES string of the molecule is CCCCCC/C=C\C=C/CCCCCCCC(=O)OC[C@H](COP(=O)(O)OC[C@@H](O)COP(=O)(O)OC[C@@H](COC(=O)CCCCCCCCC(C)C)OC(=O)CCCCCCCCCCCCCCC(C)C)OC(=O)CCCCCCC/C=C\C=C/CCCCCC. The van der Waals surface area contributed by atoms with Crippen molar-refractivity contribution in [1.82, 2.24) is 0 Å². The summed E-state index contributed by atoms with van der Waals surface area (Å²) >= 11 is 0. The Bertz CT molecular complexity index is 2010. The highest BCUT2D eigenvalue weighted by molar-refractivity contribution is 7.47. The van der Waals surface area contributed by atoms with Crippen LogP contribution in [0.15, 0.2) is 48.6 Å². The average Bonchev–Trinajstić information content (AvgIpc) is 1.11. The van der Waals surface area contributed by atoms with Gasteiger partial charge in [0.25, 0.3) is 0 Å². The average molecular weight is 1370 g/mol. The number of esters is 4. The van der Waals surface area contributed by atoms with E-state index in [4.69, 9.17) is 37.0 Å². The molecule has 19 heteroatoms. The van der Waals surface area contributed by atoms with Crippen LogP contribution >= 0.6 is 15.6 Å². The molecule has 2 unspecified atom stereocenters. The first-order valence-corrected chi connectivity index (χ1v) is 40.6. The van der Waals surface area contributed by atoms with Crippen LogP contribution in [0.25, 0.3) is 0 Å². The molecule has 0 rings (SSSR count). The molecule has 0 aliphatic rings. The number of aliphatic hydroxyl groups excluding tert-OH is 1. The van der Waals surface area contributed by atoms with Crippen molar-refractivity contribution in [3.63, 3.8) is 0 Å². The van der Waals surface area contributed by atoms with E-state index < -0.39 is 97.5 Å². The fourth-order valence-corrected chi connectivity index (χ4v) is 12.0. The molecule has 94 heavy (non-hydrogen) atoms. The predicted octanol–water partition coefficient (Wildman–Crippen LogP) is 21.0. The number of carbonyl (C=O) groups is 4. The van der Waals surface area contributed by atoms with Gasteiger partial charge in [-0.05, 0) is 88.9 Å². The molecule has 0 saturated carbocycles. The summed E-state index contributed by atoms with van der Waals surface area (Å²) in [5.41, 5.74) is 0. The lowest BCUT2D eigenvalue weighted by Crippen LogP contribution is -2.30. The highest BCUT2D eigenvalue weighted by Gasteiger charge is 2.30. The quantitative estimate of drug-likeness (QED) is 0.0169. The van der Waals surface area contributed by atoms with E-state index in [1.807, 2.05) is 0 Å². The van der Waals surface area contributed by atoms with Crippen LogP contribution < -0.4 is 0 Å². The summed E-state index contributed by atoms with van der Waals surface area (Å²) in [4.78, 5) is 72.7. The number of ether oxygens (including phenoxy) is 4. The molecule has 3 N–H and O–H groups in total. The number of carbonyl (C=O) groups excluding carboxylic acids is 4. The van der Waals surface area contributed by atoms with Gasteiger partial charge in [0.05, 0.1) is 26.4 Å². The van der Waals surface area contributed by atoms with Gasteiger partial charge in [-0.2, -0.15) is 0 Å². The van der Waals surface area contributed by atoms with E-state index in [2.05, 4.69) is 90.2 Å². The maximum absolute atomic E-state index is 13.1. The molecule has 0 aromatic heterocycles. The van der Waals surface area contributed by atoms with Crippen LogP contribution in [0.4, 0.5) is 0 Å². The Morgan fingerprint density at radius 3 is 0.862 bits per heavy atom. The summed E-state index contributed by atoms with van der Waals surface area (Å²) in [5.74, 6) is -0.731. The molecule has 17 nitrogen and oxygen atoms in total. The second-order valence-corrected chi connectivity index (χ2v) is 29.5. The third-order valence-corrected chi connectivity index (χ3v) is 18.1. The highest BCUT2D eigenvalue weighted by Crippen LogP contribution is 2.45. The lowest BCUT2D eigenvalue weighted by atomic mass is 10.0. The fraction of sp³-hybridized carbons (Fsp3) is 0.840. The Morgan fingerprint density at radius 2 is 0.574 bits per heavy atom. The second-order valence-electron chi connectivity index (χ2n) is 26.6. The van der Waals surface area contributed by atoms with Crippen LogP contribution in [0.2, 0.25) is 0 Å². The number of hydrogen-bond acceptors (Lipinski definition) is 15. The zero-order chi connectivity index (χ0) is 69.3. The van der Waals surface area contributed by atoms with Gasteiger partial charge in [-0.1, -0.05) is 283 Å². The van der Waals surface area contributed by atoms with Gasteiger partial charge < -0.3 is 33.8 Å². The molecule has 0 aromatic carbocycles. The summed E-state index contributed by atoms with van der Waals surface area (Å²) in [6.07, 6.45) is 58.6. The van der Waals surface area contributed by atoms with Crippen LogP contribution in [0.5, 0.6) is 0 Å². The van der Waals surface area contributed by atoms with E-state index in [1.165, 1.54) is 116 Å². The molecule has 0 aliphatic carbocycles. The minimum atomic E-state index is -4.97. The molecule has 0 heterocycles. The summed E-state index contributed by atoms with van der Waals surface area (Å²) in [5, 5.41) is 10.6. The number of rotatable bonds is 70. The van der Waals surface area contributed by atoms with Crippen molar-refractivity contribution in [3.05, 3.63) is 48.6 Å². The highest BCUT2D eigenvalue weighted by atomic mass is 31.2. The summed E-state index contributed by atoms with van der Waals surface area (Å²) < 4.78 is 68.3. The number of phosphoric acid groups is 2. The normalized spacial score (nSPS) is 14.4. The first-order valence-electron chi connectivity index (χ1n) is 37.6. The largest absolute Gasteiger partial charge is 0.472 e. The van der Waals surface area contributed by atoms with Crippen molar-refractivity contribution in [3.8, 4) is 0 Å². The molecule has 0 spiro atoms. The zero-order valence-corrected chi connectivity index (χ0v) is 62.0. The molecule has 0 amide bonds. The second kappa shape index (κ2) is 65.9. The zero-order valence-electron chi connectivity index (χ0n) is 60.2. The van der Waals surface area contributed by atoms with Gasteiger partial charge in [0.15, 0.2) is 12.2 Å². The first-order chi connectivity index (χ1) is 45.4. The van der Waals surface area contributed by atoms with Crippen molar-refractivity contribution >= 4 is 39.5 Å². The molecule has 0 saturated heterocycles. The molecule has 0 aliphatic heterocycles. The molecule has 0 radical (unpaired) electrons. The molecular weight excluding hydrogens is 1230 g/mol. The Balaban J connectivity index is 5.31. The Labute approximate surface area is 572 Å². The summed E-state index contributed by atoms with van der Waals surface area (Å²) in [7, 11) is -9.93. The lowest BCUT2D eigenvalue weighted by molar-refractivity contribution is -0.161. The van der Waals surface area contributed by atoms with Gasteiger partial charge >= 0.3 is 39.5 Å². The Morgan fingerprint density at radius 1 is 0.330 bits per heavy atom. The molecular formula is C75H138O17P2. The van der Waals surface area contributed by atoms with E-state index in [1.54, 1.807) is 0 Å². The van der Waals surface area contributed by atoms with Crippen molar-refractivity contribution < 1.29 is 80.2 Å². The monoisotopic (exact) mass is 1370 g/mol. The standard InChI is InChI=1S/C75H138O17P2/c1-7-9-11-13-15-17-19-21-23-25-30-34-38-45-51-57-72(77)85-63-70(91-74(79)59-53-47-39-35-31-26-24-22-20-18-16-14-12-10-8-2)65-89-93(81,82)87-61-69(76)62-88-94(83,84)90-66-71(64-86-73(78)58-52-46-42-41-44-50-56-68(5)6)92-75(80)60-54-48-40-36-32-28-27-29-33-37-43-49-55-67(3)4/h17-24,67-71,76H,7-16,25-66H2,1-6H3,(H,81,82)(H,83,84)/b19-17-,20-18-,23-21-,24-22-/t69-,70-,71-/m1/s1. The summed E-state index contributed by atoms with van der Waals surface area (Å²) in [6.45, 7) is 9.37. The third-order valence-electron chi connectivity index (χ3n) is 16.2. The number of phosphoric ester groups is 2. The van der Waals surface area contributed by atoms with E-state index in [0.29, 0.717) is 31.6 Å². The van der Waals surface area contributed by atoms with Gasteiger partial charge in [-0.3, -0.25) is 37.3 Å². The van der Waals surface area contributed by atoms with Crippen molar-refractivity contribution in [2.24, 2.45) is 11.8 Å². The molecule has 5 atom stereocenters. The third kappa shape index (κ3) is 67.6. The molecule has 0 aromatic rings. The number of hydrogen-bond donors (Lipinski definition) is 3. The first kappa shape index (κ1) is 91.0. The van der Waals surface area contributed by atoms with Crippen LogP contribution in [-0.4, -0.2) is 96.7 Å². The van der Waals surface area contributed by atoms with Crippen molar-refractivity contribution in [2.75, 3.05) is 39.6 Å². The van der Waals surface area contributed by atoms with Crippen molar-refractivity contribution in [2.45, 2.75) is 355 Å². The Kier molecular flexibility index (Phi) is 63.8. The van der Waals surface area contributed by atoms with Gasteiger partial charge in [-0.15, -0.1) is 0 Å². The molecule has 550 valence electrons. The van der Waals surface area contributed by atoms with Gasteiger partial charge in [-0.25, -0.2) is 9.13 Å². The smallest absolute Gasteiger partial charge is 0.462 e. The van der Waals surface area contributed by atoms with Crippen molar-refractivity contribution in [1.29, 1.82) is 0 Å². The lowest BCUT2D eigenvalue weighted by Gasteiger charge is -2.21. The minimum Gasteiger partial charge on any atom is -0.462 e. The minimum absolute atomic E-state index is 0.0779. The topological polar surface area (TPSA) is 237 Å². The van der Waals surface area contributed by atoms with Crippen LogP contribution in [0.3, 0.4) is 0 Å². The number of aliphatic hydroxyl groups is 1.